The van der Waals surface area contributed by atoms with E-state index in [2.05, 4.69) is 20.4 Å². The Morgan fingerprint density at radius 1 is 0.871 bits per heavy atom. The molecule has 0 bridgehead atoms. The van der Waals surface area contributed by atoms with Crippen LogP contribution >= 0.6 is 0 Å². The number of guanidine groups is 1. The molecule has 0 saturated carbocycles. The van der Waals surface area contributed by atoms with Crippen LogP contribution in [0.3, 0.4) is 0 Å². The molecule has 7 nitrogen and oxygen atoms in total. The Morgan fingerprint density at radius 2 is 1.48 bits per heavy atom. The van der Waals surface area contributed by atoms with Crippen molar-refractivity contribution in [3.8, 4) is 23.0 Å². The van der Waals surface area contributed by atoms with Crippen LogP contribution in [0.4, 0.5) is 8.78 Å². The fraction of sp³-hybridized carbons (Fsp3) is 0.409. The van der Waals surface area contributed by atoms with Gasteiger partial charge in [0.25, 0.3) is 0 Å². The normalized spacial score (nSPS) is 11.3. The molecule has 0 unspecified atom stereocenters. The van der Waals surface area contributed by atoms with Gasteiger partial charge in [0.15, 0.2) is 29.0 Å². The average Bonchev–Trinajstić information content (AvgIpc) is 2.77. The first-order valence-corrected chi connectivity index (χ1v) is 9.85. The molecule has 2 aromatic rings. The highest BCUT2D eigenvalue weighted by molar-refractivity contribution is 5.79. The summed E-state index contributed by atoms with van der Waals surface area (Å²) in [6, 6.07) is 10.6. The summed E-state index contributed by atoms with van der Waals surface area (Å²) in [6.07, 6.45) is 0.750. The van der Waals surface area contributed by atoms with Gasteiger partial charge in [0.2, 0.25) is 0 Å². The predicted molar refractivity (Wildman–Crippen MR) is 116 cm³/mol. The van der Waals surface area contributed by atoms with Crippen molar-refractivity contribution < 1.29 is 27.7 Å². The minimum Gasteiger partial charge on any atom is -0.493 e. The lowest BCUT2D eigenvalue weighted by atomic mass is 10.1. The molecular formula is C22H29F2N3O4. The van der Waals surface area contributed by atoms with Gasteiger partial charge in [0.05, 0.1) is 27.9 Å². The number of methoxy groups -OCH3 is 3. The summed E-state index contributed by atoms with van der Waals surface area (Å²) in [5.74, 6) is 2.21. The van der Waals surface area contributed by atoms with Gasteiger partial charge in [-0.1, -0.05) is 12.1 Å². The Kier molecular flexibility index (Phi) is 9.67. The topological polar surface area (TPSA) is 73.3 Å². The lowest BCUT2D eigenvalue weighted by molar-refractivity contribution is -0.0512. The first-order chi connectivity index (χ1) is 15.0. The van der Waals surface area contributed by atoms with Crippen molar-refractivity contribution in [2.45, 2.75) is 26.5 Å². The van der Waals surface area contributed by atoms with E-state index in [1.165, 1.54) is 13.2 Å². The van der Waals surface area contributed by atoms with Gasteiger partial charge >= 0.3 is 6.61 Å². The number of rotatable bonds is 11. The second-order valence-corrected chi connectivity index (χ2v) is 6.42. The summed E-state index contributed by atoms with van der Waals surface area (Å²) in [5, 5.41) is 6.43. The zero-order valence-corrected chi connectivity index (χ0v) is 18.2. The number of alkyl halides is 2. The number of hydrogen-bond donors (Lipinski definition) is 2. The van der Waals surface area contributed by atoms with Gasteiger partial charge in [0.1, 0.15) is 0 Å². The largest absolute Gasteiger partial charge is 0.493 e. The monoisotopic (exact) mass is 437 g/mol. The molecule has 0 aliphatic rings. The van der Waals surface area contributed by atoms with E-state index in [4.69, 9.17) is 14.2 Å². The molecule has 0 amide bonds. The van der Waals surface area contributed by atoms with Crippen LogP contribution in [-0.4, -0.2) is 47.0 Å². The lowest BCUT2D eigenvalue weighted by Crippen LogP contribution is -2.38. The maximum absolute atomic E-state index is 12.6. The predicted octanol–water partition coefficient (Wildman–Crippen LogP) is 3.61. The molecular weight excluding hydrogens is 408 g/mol. The van der Waals surface area contributed by atoms with Crippen LogP contribution in [0.15, 0.2) is 41.4 Å². The summed E-state index contributed by atoms with van der Waals surface area (Å²) in [4.78, 5) is 4.52. The number of nitrogens with zero attached hydrogens (tertiary/aromatic N) is 1. The molecule has 0 aliphatic carbocycles. The van der Waals surface area contributed by atoms with Crippen molar-refractivity contribution in [3.05, 3.63) is 47.5 Å². The number of nitrogens with one attached hydrogen (secondary N) is 2. The molecule has 0 atom stereocenters. The molecule has 31 heavy (non-hydrogen) atoms. The number of ether oxygens (including phenoxy) is 4. The SMILES string of the molecule is CCNC(=NCc1ccc(OC)c(OC(F)F)c1)NCCc1ccc(OC)c(OC)c1. The standard InChI is InChI=1S/C22H29F2N3O4/c1-5-25-22(26-11-10-15-6-8-17(28-2)19(12-15)30-4)27-14-16-7-9-18(29-3)20(13-16)31-21(23)24/h6-9,12-13,21H,5,10-11,14H2,1-4H3,(H2,25,26,27). The molecule has 0 aromatic heterocycles. The Morgan fingerprint density at radius 3 is 2.10 bits per heavy atom. The average molecular weight is 437 g/mol. The van der Waals surface area contributed by atoms with Crippen LogP contribution in [-0.2, 0) is 13.0 Å². The molecule has 0 spiro atoms. The maximum atomic E-state index is 12.6. The molecule has 9 heteroatoms. The summed E-state index contributed by atoms with van der Waals surface area (Å²) in [5.41, 5.74) is 1.80. The lowest BCUT2D eigenvalue weighted by Gasteiger charge is -2.13. The third-order valence-corrected chi connectivity index (χ3v) is 4.36. The number of hydrogen-bond acceptors (Lipinski definition) is 5. The molecule has 0 heterocycles. The van der Waals surface area contributed by atoms with E-state index in [9.17, 15) is 8.78 Å². The van der Waals surface area contributed by atoms with E-state index in [0.29, 0.717) is 36.1 Å². The zero-order valence-electron chi connectivity index (χ0n) is 18.2. The van der Waals surface area contributed by atoms with Crippen LogP contribution in [0.1, 0.15) is 18.1 Å². The van der Waals surface area contributed by atoms with Crippen molar-refractivity contribution in [2.75, 3.05) is 34.4 Å². The summed E-state index contributed by atoms with van der Waals surface area (Å²) >= 11 is 0. The zero-order chi connectivity index (χ0) is 22.6. The van der Waals surface area contributed by atoms with E-state index in [0.717, 1.165) is 12.0 Å². The van der Waals surface area contributed by atoms with Crippen LogP contribution < -0.4 is 29.6 Å². The molecule has 0 fully saturated rings. The molecule has 2 aromatic carbocycles. The van der Waals surface area contributed by atoms with Crippen molar-refractivity contribution in [2.24, 2.45) is 4.99 Å². The Bertz CT molecular complexity index is 863. The van der Waals surface area contributed by atoms with E-state index in [1.807, 2.05) is 25.1 Å². The molecule has 0 aliphatic heterocycles. The second kappa shape index (κ2) is 12.5. The van der Waals surface area contributed by atoms with Gasteiger partial charge in [0, 0.05) is 13.1 Å². The highest BCUT2D eigenvalue weighted by atomic mass is 19.3. The van der Waals surface area contributed by atoms with Gasteiger partial charge in [-0.15, -0.1) is 0 Å². The summed E-state index contributed by atoms with van der Waals surface area (Å²) in [6.45, 7) is 0.653. The third kappa shape index (κ3) is 7.51. The smallest absolute Gasteiger partial charge is 0.387 e. The maximum Gasteiger partial charge on any atom is 0.387 e. The Hall–Kier alpha value is -3.23. The number of halogens is 2. The third-order valence-electron chi connectivity index (χ3n) is 4.36. The molecule has 2 N–H and O–H groups in total. The molecule has 0 saturated heterocycles. The second-order valence-electron chi connectivity index (χ2n) is 6.42. The fourth-order valence-electron chi connectivity index (χ4n) is 2.88. The molecule has 0 radical (unpaired) electrons. The van der Waals surface area contributed by atoms with Crippen molar-refractivity contribution in [1.82, 2.24) is 10.6 Å². The minimum absolute atomic E-state index is 0.0170. The van der Waals surface area contributed by atoms with Crippen LogP contribution in [0, 0.1) is 0 Å². The first kappa shape index (κ1) is 24.0. The number of benzene rings is 2. The van der Waals surface area contributed by atoms with E-state index in [-0.39, 0.29) is 18.0 Å². The number of aliphatic imine (C=N–C) groups is 1. The Balaban J connectivity index is 2.00. The Labute approximate surface area is 181 Å². The molecule has 2 rings (SSSR count). The highest BCUT2D eigenvalue weighted by Crippen LogP contribution is 2.30. The van der Waals surface area contributed by atoms with Gasteiger partial charge in [-0.3, -0.25) is 0 Å². The quantitative estimate of drug-likeness (QED) is 0.413. The van der Waals surface area contributed by atoms with E-state index < -0.39 is 6.61 Å². The van der Waals surface area contributed by atoms with Crippen molar-refractivity contribution >= 4 is 5.96 Å². The molecule has 170 valence electrons. The fourth-order valence-corrected chi connectivity index (χ4v) is 2.88. The van der Waals surface area contributed by atoms with Gasteiger partial charge in [-0.05, 0) is 48.7 Å². The summed E-state index contributed by atoms with van der Waals surface area (Å²) < 4.78 is 45.4. The van der Waals surface area contributed by atoms with Gasteiger partial charge in [-0.25, -0.2) is 4.99 Å². The van der Waals surface area contributed by atoms with Crippen molar-refractivity contribution in [3.63, 3.8) is 0 Å². The van der Waals surface area contributed by atoms with Gasteiger partial charge < -0.3 is 29.6 Å². The van der Waals surface area contributed by atoms with Crippen LogP contribution in [0.2, 0.25) is 0 Å². The van der Waals surface area contributed by atoms with Crippen LogP contribution in [0.25, 0.3) is 0 Å². The van der Waals surface area contributed by atoms with Gasteiger partial charge in [-0.2, -0.15) is 8.78 Å². The minimum atomic E-state index is -2.93. The van der Waals surface area contributed by atoms with E-state index in [1.54, 1.807) is 26.4 Å². The van der Waals surface area contributed by atoms with Crippen LogP contribution in [0.5, 0.6) is 23.0 Å². The first-order valence-electron chi connectivity index (χ1n) is 9.85. The van der Waals surface area contributed by atoms with Crippen molar-refractivity contribution in [1.29, 1.82) is 0 Å². The van der Waals surface area contributed by atoms with E-state index >= 15 is 0 Å². The summed E-state index contributed by atoms with van der Waals surface area (Å²) in [7, 11) is 4.60. The highest BCUT2D eigenvalue weighted by Gasteiger charge is 2.11.